The van der Waals surface area contributed by atoms with Crippen LogP contribution in [0.5, 0.6) is 0 Å². The second kappa shape index (κ2) is 8.17. The van der Waals surface area contributed by atoms with Crippen molar-refractivity contribution in [1.82, 2.24) is 19.7 Å². The van der Waals surface area contributed by atoms with Gasteiger partial charge in [0.05, 0.1) is 0 Å². The number of nitrogens with zero attached hydrogens (tertiary/aromatic N) is 4. The van der Waals surface area contributed by atoms with Crippen molar-refractivity contribution in [2.24, 2.45) is 5.92 Å². The van der Waals surface area contributed by atoms with E-state index in [4.69, 9.17) is 4.74 Å². The molecule has 0 N–H and O–H groups in total. The first-order valence-electron chi connectivity index (χ1n) is 10.4. The Balaban J connectivity index is 1.34. The zero-order valence-electron chi connectivity index (χ0n) is 16.7. The first-order valence-corrected chi connectivity index (χ1v) is 10.4. The third kappa shape index (κ3) is 3.78. The standard InChI is InChI=1S/C21H30N4O3/c1-23-12-13-25(16-21(23)6-14-28-15-7-21)20(27)18-4-10-24(11-5-18)19(26)17-2-8-22-9-3-17/h2-3,8-9,18H,4-7,10-16H2,1H3. The van der Waals surface area contributed by atoms with E-state index in [1.807, 2.05) is 4.90 Å². The van der Waals surface area contributed by atoms with Crippen LogP contribution >= 0.6 is 0 Å². The highest BCUT2D eigenvalue weighted by molar-refractivity contribution is 5.94. The monoisotopic (exact) mass is 386 g/mol. The van der Waals surface area contributed by atoms with Gasteiger partial charge < -0.3 is 14.5 Å². The van der Waals surface area contributed by atoms with Gasteiger partial charge in [0.1, 0.15) is 0 Å². The van der Waals surface area contributed by atoms with Gasteiger partial charge in [0.2, 0.25) is 5.91 Å². The highest BCUT2D eigenvalue weighted by Gasteiger charge is 2.43. The average Bonchev–Trinajstić information content (AvgIpc) is 2.76. The van der Waals surface area contributed by atoms with Gasteiger partial charge in [-0.15, -0.1) is 0 Å². The number of carbonyl (C=O) groups excluding carboxylic acids is 2. The molecule has 4 heterocycles. The van der Waals surface area contributed by atoms with Crippen molar-refractivity contribution in [3.05, 3.63) is 30.1 Å². The normalized spacial score (nSPS) is 23.8. The molecule has 7 heteroatoms. The summed E-state index contributed by atoms with van der Waals surface area (Å²) in [4.78, 5) is 36.1. The van der Waals surface area contributed by atoms with Crippen LogP contribution in [0.25, 0.3) is 0 Å². The topological polar surface area (TPSA) is 66.0 Å². The number of amides is 2. The van der Waals surface area contributed by atoms with Crippen LogP contribution in [0.3, 0.4) is 0 Å². The van der Waals surface area contributed by atoms with E-state index in [2.05, 4.69) is 21.8 Å². The SMILES string of the molecule is CN1CCN(C(=O)C2CCN(C(=O)c3ccncc3)CC2)CC12CCOCC2. The molecule has 1 aromatic rings. The van der Waals surface area contributed by atoms with Crippen LogP contribution in [-0.2, 0) is 9.53 Å². The number of likely N-dealkylation sites (N-methyl/N-ethyl adjacent to an activating group) is 1. The maximum Gasteiger partial charge on any atom is 0.253 e. The minimum Gasteiger partial charge on any atom is -0.381 e. The summed E-state index contributed by atoms with van der Waals surface area (Å²) in [6, 6.07) is 3.49. The van der Waals surface area contributed by atoms with E-state index < -0.39 is 0 Å². The Labute approximate surface area is 166 Å². The Hall–Kier alpha value is -1.99. The molecular formula is C21H30N4O3. The van der Waals surface area contributed by atoms with E-state index in [-0.39, 0.29) is 23.3 Å². The number of rotatable bonds is 2. The summed E-state index contributed by atoms with van der Waals surface area (Å²) >= 11 is 0. The lowest BCUT2D eigenvalue weighted by Crippen LogP contribution is -2.64. The van der Waals surface area contributed by atoms with Crippen LogP contribution in [0.1, 0.15) is 36.0 Å². The molecule has 4 rings (SSSR count). The summed E-state index contributed by atoms with van der Waals surface area (Å²) in [5, 5.41) is 0. The van der Waals surface area contributed by atoms with E-state index in [0.717, 1.165) is 58.5 Å². The summed E-state index contributed by atoms with van der Waals surface area (Å²) < 4.78 is 5.56. The largest absolute Gasteiger partial charge is 0.381 e. The van der Waals surface area contributed by atoms with Gasteiger partial charge in [-0.2, -0.15) is 0 Å². The van der Waals surface area contributed by atoms with E-state index in [9.17, 15) is 9.59 Å². The number of ether oxygens (including phenoxy) is 1. The predicted molar refractivity (Wildman–Crippen MR) is 105 cm³/mol. The number of aromatic nitrogens is 1. The lowest BCUT2D eigenvalue weighted by atomic mass is 9.85. The van der Waals surface area contributed by atoms with E-state index >= 15 is 0 Å². The van der Waals surface area contributed by atoms with Crippen molar-refractivity contribution in [2.75, 3.05) is 53.0 Å². The molecule has 0 atom stereocenters. The molecule has 0 unspecified atom stereocenters. The minimum atomic E-state index is 0.0294. The Bertz CT molecular complexity index is 697. The first kappa shape index (κ1) is 19.3. The zero-order chi connectivity index (χ0) is 19.6. The summed E-state index contributed by atoms with van der Waals surface area (Å²) in [7, 11) is 2.18. The molecule has 0 bridgehead atoms. The fourth-order valence-corrected chi connectivity index (χ4v) is 4.81. The predicted octanol–water partition coefficient (Wildman–Crippen LogP) is 1.26. The minimum absolute atomic E-state index is 0.0294. The van der Waals surface area contributed by atoms with Crippen LogP contribution in [0.15, 0.2) is 24.5 Å². The molecule has 152 valence electrons. The lowest BCUT2D eigenvalue weighted by molar-refractivity contribution is -0.145. The van der Waals surface area contributed by atoms with Gasteiger partial charge in [0, 0.05) is 75.4 Å². The number of pyridine rings is 1. The molecular weight excluding hydrogens is 356 g/mol. The van der Waals surface area contributed by atoms with Crippen LogP contribution in [0, 0.1) is 5.92 Å². The first-order chi connectivity index (χ1) is 13.6. The number of hydrogen-bond donors (Lipinski definition) is 0. The second-order valence-electron chi connectivity index (χ2n) is 8.32. The molecule has 28 heavy (non-hydrogen) atoms. The summed E-state index contributed by atoms with van der Waals surface area (Å²) in [5.74, 6) is 0.339. The molecule has 2 amide bonds. The van der Waals surface area contributed by atoms with E-state index in [0.29, 0.717) is 18.7 Å². The molecule has 3 aliphatic rings. The highest BCUT2D eigenvalue weighted by atomic mass is 16.5. The molecule has 0 aromatic carbocycles. The van der Waals surface area contributed by atoms with Crippen LogP contribution < -0.4 is 0 Å². The van der Waals surface area contributed by atoms with Gasteiger partial charge in [-0.1, -0.05) is 0 Å². The number of hydrogen-bond acceptors (Lipinski definition) is 5. The smallest absolute Gasteiger partial charge is 0.253 e. The quantitative estimate of drug-likeness (QED) is 0.766. The number of likely N-dealkylation sites (tertiary alicyclic amines) is 1. The average molecular weight is 386 g/mol. The molecule has 3 aliphatic heterocycles. The molecule has 7 nitrogen and oxygen atoms in total. The van der Waals surface area contributed by atoms with Gasteiger partial charge in [0.15, 0.2) is 0 Å². The third-order valence-corrected chi connectivity index (χ3v) is 6.79. The fourth-order valence-electron chi connectivity index (χ4n) is 4.81. The van der Waals surface area contributed by atoms with Crippen molar-refractivity contribution >= 4 is 11.8 Å². The van der Waals surface area contributed by atoms with Crippen molar-refractivity contribution in [2.45, 2.75) is 31.2 Å². The maximum absolute atomic E-state index is 13.2. The van der Waals surface area contributed by atoms with Crippen molar-refractivity contribution in [1.29, 1.82) is 0 Å². The number of carbonyl (C=O) groups is 2. The van der Waals surface area contributed by atoms with Gasteiger partial charge in [-0.25, -0.2) is 0 Å². The number of piperidine rings is 1. The van der Waals surface area contributed by atoms with Crippen molar-refractivity contribution < 1.29 is 14.3 Å². The van der Waals surface area contributed by atoms with Crippen molar-refractivity contribution in [3.63, 3.8) is 0 Å². The Morgan fingerprint density at radius 2 is 1.71 bits per heavy atom. The number of piperazine rings is 1. The van der Waals surface area contributed by atoms with Gasteiger partial charge in [-0.3, -0.25) is 19.5 Å². The van der Waals surface area contributed by atoms with Crippen LogP contribution in [-0.4, -0.2) is 90.0 Å². The molecule has 3 saturated heterocycles. The van der Waals surface area contributed by atoms with E-state index in [1.54, 1.807) is 24.5 Å². The Morgan fingerprint density at radius 3 is 2.39 bits per heavy atom. The van der Waals surface area contributed by atoms with Gasteiger partial charge in [-0.05, 0) is 44.9 Å². The molecule has 3 fully saturated rings. The molecule has 0 saturated carbocycles. The van der Waals surface area contributed by atoms with Crippen molar-refractivity contribution in [3.8, 4) is 0 Å². The van der Waals surface area contributed by atoms with Gasteiger partial charge >= 0.3 is 0 Å². The van der Waals surface area contributed by atoms with Crippen LogP contribution in [0.2, 0.25) is 0 Å². The third-order valence-electron chi connectivity index (χ3n) is 6.79. The highest BCUT2D eigenvalue weighted by Crippen LogP contribution is 2.32. The van der Waals surface area contributed by atoms with Gasteiger partial charge in [0.25, 0.3) is 5.91 Å². The zero-order valence-corrected chi connectivity index (χ0v) is 16.7. The summed E-state index contributed by atoms with van der Waals surface area (Å²) in [5.41, 5.74) is 0.741. The Morgan fingerprint density at radius 1 is 1.04 bits per heavy atom. The summed E-state index contributed by atoms with van der Waals surface area (Å²) in [6.45, 7) is 5.37. The molecule has 1 spiro atoms. The molecule has 1 aromatic heterocycles. The maximum atomic E-state index is 13.2. The Kier molecular flexibility index (Phi) is 5.64. The van der Waals surface area contributed by atoms with E-state index in [1.165, 1.54) is 0 Å². The molecule has 0 radical (unpaired) electrons. The van der Waals surface area contributed by atoms with Crippen LogP contribution in [0.4, 0.5) is 0 Å². The summed E-state index contributed by atoms with van der Waals surface area (Å²) in [6.07, 6.45) is 6.76. The fraction of sp³-hybridized carbons (Fsp3) is 0.667. The second-order valence-corrected chi connectivity index (χ2v) is 8.32. The molecule has 0 aliphatic carbocycles. The lowest BCUT2D eigenvalue weighted by Gasteiger charge is -2.51.